The fraction of sp³-hybridized carbons (Fsp3) is 0.333. The van der Waals surface area contributed by atoms with E-state index in [1.165, 1.54) is 33.8 Å². The third-order valence-electron chi connectivity index (χ3n) is 3.85. The van der Waals surface area contributed by atoms with Crippen LogP contribution in [-0.2, 0) is 17.9 Å². The van der Waals surface area contributed by atoms with Crippen LogP contribution in [0.2, 0.25) is 0 Å². The van der Waals surface area contributed by atoms with E-state index in [1.54, 1.807) is 7.11 Å². The van der Waals surface area contributed by atoms with Crippen molar-refractivity contribution in [1.29, 1.82) is 0 Å². The number of ether oxygens (including phenoxy) is 1. The lowest BCUT2D eigenvalue weighted by Gasteiger charge is -2.26. The Morgan fingerprint density at radius 3 is 2.67 bits per heavy atom. The van der Waals surface area contributed by atoms with E-state index in [-0.39, 0.29) is 0 Å². The molecule has 0 saturated heterocycles. The summed E-state index contributed by atoms with van der Waals surface area (Å²) in [5.41, 5.74) is 4.00. The van der Waals surface area contributed by atoms with Gasteiger partial charge in [-0.2, -0.15) is 0 Å². The average molecular weight is 299 g/mol. The first-order chi connectivity index (χ1) is 10.4. The molecule has 0 fully saturated rings. The monoisotopic (exact) mass is 299 g/mol. The zero-order valence-corrected chi connectivity index (χ0v) is 13.2. The molecule has 2 aromatic carbocycles. The molecule has 1 heterocycles. The third-order valence-corrected chi connectivity index (χ3v) is 4.97. The maximum Gasteiger partial charge on any atom is 0.0713 e. The fourth-order valence-corrected chi connectivity index (χ4v) is 3.84. The van der Waals surface area contributed by atoms with E-state index < -0.39 is 0 Å². The van der Waals surface area contributed by atoms with Gasteiger partial charge in [0, 0.05) is 24.6 Å². The van der Waals surface area contributed by atoms with Crippen molar-refractivity contribution in [3.63, 3.8) is 0 Å². The summed E-state index contributed by atoms with van der Waals surface area (Å²) >= 11 is 1.97. The van der Waals surface area contributed by atoms with Crippen molar-refractivity contribution in [3.8, 4) is 0 Å². The minimum atomic E-state index is 0.473. The molecule has 21 heavy (non-hydrogen) atoms. The van der Waals surface area contributed by atoms with Gasteiger partial charge in [-0.3, -0.25) is 0 Å². The highest BCUT2D eigenvalue weighted by Gasteiger charge is 2.19. The molecule has 1 atom stereocenters. The topological polar surface area (TPSA) is 21.3 Å². The summed E-state index contributed by atoms with van der Waals surface area (Å²) in [6.45, 7) is 1.60. The molecule has 0 bridgehead atoms. The summed E-state index contributed by atoms with van der Waals surface area (Å²) < 4.78 is 5.14. The quantitative estimate of drug-likeness (QED) is 0.895. The van der Waals surface area contributed by atoms with Gasteiger partial charge < -0.3 is 10.1 Å². The second kappa shape index (κ2) is 7.12. The van der Waals surface area contributed by atoms with E-state index in [2.05, 4.69) is 53.8 Å². The van der Waals surface area contributed by atoms with Crippen LogP contribution in [0, 0.1) is 0 Å². The van der Waals surface area contributed by atoms with Crippen molar-refractivity contribution in [1.82, 2.24) is 5.32 Å². The number of nitrogens with one attached hydrogen (secondary N) is 1. The Labute approximate surface area is 130 Å². The number of rotatable bonds is 5. The Balaban J connectivity index is 1.63. The Morgan fingerprint density at radius 2 is 1.86 bits per heavy atom. The van der Waals surface area contributed by atoms with E-state index in [1.807, 2.05) is 11.8 Å². The number of methoxy groups -OCH3 is 1. The van der Waals surface area contributed by atoms with Crippen molar-refractivity contribution < 1.29 is 4.74 Å². The Kier molecular flexibility index (Phi) is 4.96. The molecule has 1 aliphatic rings. The van der Waals surface area contributed by atoms with Gasteiger partial charge in [0.15, 0.2) is 0 Å². The van der Waals surface area contributed by atoms with Crippen molar-refractivity contribution in [2.75, 3.05) is 12.9 Å². The first kappa shape index (κ1) is 14.6. The van der Waals surface area contributed by atoms with Crippen molar-refractivity contribution in [2.24, 2.45) is 0 Å². The predicted octanol–water partition coefficient (Wildman–Crippen LogP) is 4.16. The summed E-state index contributed by atoms with van der Waals surface area (Å²) in [5.74, 6) is 1.20. The van der Waals surface area contributed by atoms with Crippen LogP contribution in [0.1, 0.15) is 29.2 Å². The molecule has 2 nitrogen and oxygen atoms in total. The van der Waals surface area contributed by atoms with Crippen molar-refractivity contribution in [2.45, 2.75) is 30.5 Å². The summed E-state index contributed by atoms with van der Waals surface area (Å²) in [6, 6.07) is 17.9. The van der Waals surface area contributed by atoms with Crippen molar-refractivity contribution in [3.05, 3.63) is 65.2 Å². The molecule has 3 rings (SSSR count). The lowest BCUT2D eigenvalue weighted by molar-refractivity contribution is 0.185. The molecule has 3 heteroatoms. The van der Waals surface area contributed by atoms with Crippen LogP contribution < -0.4 is 5.32 Å². The first-order valence-electron chi connectivity index (χ1n) is 7.38. The normalized spacial score (nSPS) is 17.5. The SMILES string of the molecule is COCc1ccc(CNC2CCSc3ccccc32)cc1. The molecule has 0 aromatic heterocycles. The molecule has 0 amide bonds. The predicted molar refractivity (Wildman–Crippen MR) is 88.5 cm³/mol. The Morgan fingerprint density at radius 1 is 1.10 bits per heavy atom. The summed E-state index contributed by atoms with van der Waals surface area (Å²) in [6.07, 6.45) is 1.20. The number of benzene rings is 2. The second-order valence-electron chi connectivity index (χ2n) is 5.36. The van der Waals surface area contributed by atoms with Crippen LogP contribution in [0.25, 0.3) is 0 Å². The lowest BCUT2D eigenvalue weighted by Crippen LogP contribution is -2.24. The molecule has 110 valence electrons. The van der Waals surface area contributed by atoms with Gasteiger partial charge in [-0.15, -0.1) is 11.8 Å². The minimum Gasteiger partial charge on any atom is -0.380 e. The van der Waals surface area contributed by atoms with Gasteiger partial charge in [0.05, 0.1) is 6.61 Å². The van der Waals surface area contributed by atoms with Crippen LogP contribution in [-0.4, -0.2) is 12.9 Å². The smallest absolute Gasteiger partial charge is 0.0713 e. The Hall–Kier alpha value is -1.29. The molecule has 2 aromatic rings. The zero-order valence-electron chi connectivity index (χ0n) is 12.3. The number of hydrogen-bond acceptors (Lipinski definition) is 3. The van der Waals surface area contributed by atoms with Gasteiger partial charge in [-0.25, -0.2) is 0 Å². The van der Waals surface area contributed by atoms with E-state index in [4.69, 9.17) is 4.74 Å². The van der Waals surface area contributed by atoms with Crippen LogP contribution in [0.15, 0.2) is 53.4 Å². The van der Waals surface area contributed by atoms with Gasteiger partial charge in [0.25, 0.3) is 0 Å². The zero-order chi connectivity index (χ0) is 14.5. The fourth-order valence-electron chi connectivity index (χ4n) is 2.72. The Bertz CT molecular complexity index is 582. The van der Waals surface area contributed by atoms with Gasteiger partial charge in [0.2, 0.25) is 0 Å². The number of hydrogen-bond donors (Lipinski definition) is 1. The number of fused-ring (bicyclic) bond motifs is 1. The van der Waals surface area contributed by atoms with Gasteiger partial charge >= 0.3 is 0 Å². The third kappa shape index (κ3) is 3.67. The standard InChI is InChI=1S/C18H21NOS/c1-20-13-15-8-6-14(7-9-15)12-19-17-10-11-21-18-5-3-2-4-16(17)18/h2-9,17,19H,10-13H2,1H3. The molecule has 1 aliphatic heterocycles. The molecule has 0 aliphatic carbocycles. The molecule has 0 radical (unpaired) electrons. The van der Waals surface area contributed by atoms with Crippen LogP contribution in [0.3, 0.4) is 0 Å². The second-order valence-corrected chi connectivity index (χ2v) is 6.49. The summed E-state index contributed by atoms with van der Waals surface area (Å²) in [5, 5.41) is 3.70. The summed E-state index contributed by atoms with van der Waals surface area (Å²) in [4.78, 5) is 1.43. The van der Waals surface area contributed by atoms with Crippen LogP contribution in [0.5, 0.6) is 0 Å². The van der Waals surface area contributed by atoms with E-state index in [0.29, 0.717) is 12.6 Å². The lowest BCUT2D eigenvalue weighted by atomic mass is 10.0. The molecule has 0 spiro atoms. The molecule has 1 N–H and O–H groups in total. The highest BCUT2D eigenvalue weighted by molar-refractivity contribution is 7.99. The first-order valence-corrected chi connectivity index (χ1v) is 8.37. The summed E-state index contributed by atoms with van der Waals surface area (Å²) in [7, 11) is 1.73. The molecular formula is C18H21NOS. The van der Waals surface area contributed by atoms with E-state index in [0.717, 1.165) is 6.54 Å². The number of thioether (sulfide) groups is 1. The van der Waals surface area contributed by atoms with Crippen LogP contribution >= 0.6 is 11.8 Å². The van der Waals surface area contributed by atoms with Gasteiger partial charge in [-0.05, 0) is 34.9 Å². The van der Waals surface area contributed by atoms with Crippen molar-refractivity contribution >= 4 is 11.8 Å². The highest BCUT2D eigenvalue weighted by atomic mass is 32.2. The van der Waals surface area contributed by atoms with Gasteiger partial charge in [0.1, 0.15) is 0 Å². The molecular weight excluding hydrogens is 278 g/mol. The molecule has 0 saturated carbocycles. The maximum absolute atomic E-state index is 5.14. The average Bonchev–Trinajstić information content (AvgIpc) is 2.54. The minimum absolute atomic E-state index is 0.473. The molecule has 1 unspecified atom stereocenters. The highest BCUT2D eigenvalue weighted by Crippen LogP contribution is 2.35. The maximum atomic E-state index is 5.14. The largest absolute Gasteiger partial charge is 0.380 e. The van der Waals surface area contributed by atoms with E-state index >= 15 is 0 Å². The van der Waals surface area contributed by atoms with Crippen LogP contribution in [0.4, 0.5) is 0 Å². The van der Waals surface area contributed by atoms with Gasteiger partial charge in [-0.1, -0.05) is 42.5 Å². The van der Waals surface area contributed by atoms with E-state index in [9.17, 15) is 0 Å².